The van der Waals surface area contributed by atoms with E-state index in [0.29, 0.717) is 0 Å². The number of methoxy groups -OCH3 is 1. The number of H-pyrrole nitrogens is 1. The van der Waals surface area contributed by atoms with E-state index >= 15 is 0 Å². The summed E-state index contributed by atoms with van der Waals surface area (Å²) in [6, 6.07) is 11.9. The van der Waals surface area contributed by atoms with Crippen molar-refractivity contribution >= 4 is 23.0 Å². The minimum Gasteiger partial charge on any atom is -0.507 e. The second kappa shape index (κ2) is 6.23. The number of fused-ring (bicyclic) bond motifs is 1. The van der Waals surface area contributed by atoms with Gasteiger partial charge in [-0.3, -0.25) is 4.79 Å². The van der Waals surface area contributed by atoms with Crippen molar-refractivity contribution in [1.29, 1.82) is 0 Å². The van der Waals surface area contributed by atoms with Gasteiger partial charge >= 0.3 is 0 Å². The molecule has 3 N–H and O–H groups in total. The zero-order valence-electron chi connectivity index (χ0n) is 12.4. The van der Waals surface area contributed by atoms with Crippen LogP contribution in [0.15, 0.2) is 53.8 Å². The lowest BCUT2D eigenvalue weighted by molar-refractivity contribution is 0.0952. The number of aromatic amines is 1. The van der Waals surface area contributed by atoms with Gasteiger partial charge in [0.15, 0.2) is 0 Å². The summed E-state index contributed by atoms with van der Waals surface area (Å²) in [4.78, 5) is 15.0. The van der Waals surface area contributed by atoms with Gasteiger partial charge in [0.05, 0.1) is 18.9 Å². The zero-order valence-corrected chi connectivity index (χ0v) is 12.4. The molecule has 1 amide bonds. The highest BCUT2D eigenvalue weighted by Gasteiger charge is 2.09. The van der Waals surface area contributed by atoms with Gasteiger partial charge in [-0.25, -0.2) is 5.43 Å². The molecule has 6 heteroatoms. The molecule has 0 saturated carbocycles. The molecule has 1 heterocycles. The number of aromatic nitrogens is 1. The van der Waals surface area contributed by atoms with Gasteiger partial charge in [0, 0.05) is 28.7 Å². The van der Waals surface area contributed by atoms with Gasteiger partial charge in [0.2, 0.25) is 0 Å². The molecule has 0 aliphatic carbocycles. The molecule has 0 fully saturated rings. The summed E-state index contributed by atoms with van der Waals surface area (Å²) in [6.45, 7) is 0. The molecule has 0 aliphatic heterocycles. The molecule has 0 aliphatic rings. The molecule has 0 radical (unpaired) electrons. The van der Waals surface area contributed by atoms with Crippen molar-refractivity contribution in [2.75, 3.05) is 7.11 Å². The lowest BCUT2D eigenvalue weighted by Crippen LogP contribution is -2.17. The number of aromatic hydroxyl groups is 1. The minimum atomic E-state index is -0.471. The third kappa shape index (κ3) is 3.01. The largest absolute Gasteiger partial charge is 0.507 e. The first-order valence-corrected chi connectivity index (χ1v) is 6.95. The van der Waals surface area contributed by atoms with Crippen LogP contribution in [0, 0.1) is 0 Å². The van der Waals surface area contributed by atoms with Gasteiger partial charge in [0.25, 0.3) is 5.91 Å². The lowest BCUT2D eigenvalue weighted by Gasteiger charge is -2.01. The topological polar surface area (TPSA) is 86.7 Å². The van der Waals surface area contributed by atoms with Crippen LogP contribution >= 0.6 is 0 Å². The maximum atomic E-state index is 11.9. The normalized spacial score (nSPS) is 11.0. The number of para-hydroxylation sites is 1. The maximum absolute atomic E-state index is 11.9. The van der Waals surface area contributed by atoms with Gasteiger partial charge in [-0.1, -0.05) is 12.1 Å². The number of rotatable bonds is 4. The fraction of sp³-hybridized carbons (Fsp3) is 0.0588. The number of nitrogens with zero attached hydrogens (tertiary/aromatic N) is 1. The summed E-state index contributed by atoms with van der Waals surface area (Å²) in [5.74, 6) is 0.205. The van der Waals surface area contributed by atoms with Crippen molar-refractivity contribution in [2.24, 2.45) is 5.10 Å². The molecule has 0 spiro atoms. The standard InChI is InChI=1S/C17H15N3O3/c1-23-12-6-7-13-11(9-18-15(13)8-12)10-19-20-17(22)14-4-2-3-5-16(14)21/h2-10,18,21H,1H3,(H,20,22)/b19-10+. The second-order valence-corrected chi connectivity index (χ2v) is 4.87. The Morgan fingerprint density at radius 2 is 2.13 bits per heavy atom. The fourth-order valence-electron chi connectivity index (χ4n) is 2.25. The van der Waals surface area contributed by atoms with Crippen LogP contribution in [0.2, 0.25) is 0 Å². The van der Waals surface area contributed by atoms with Crippen molar-refractivity contribution < 1.29 is 14.6 Å². The van der Waals surface area contributed by atoms with Crippen molar-refractivity contribution in [3.05, 3.63) is 59.8 Å². The van der Waals surface area contributed by atoms with Crippen LogP contribution in [-0.4, -0.2) is 29.3 Å². The first-order valence-electron chi connectivity index (χ1n) is 6.95. The number of benzene rings is 2. The monoisotopic (exact) mass is 309 g/mol. The predicted molar refractivity (Wildman–Crippen MR) is 88.0 cm³/mol. The van der Waals surface area contributed by atoms with E-state index in [-0.39, 0.29) is 11.3 Å². The Hall–Kier alpha value is -3.28. The molecule has 0 atom stereocenters. The highest BCUT2D eigenvalue weighted by molar-refractivity contribution is 6.01. The number of hydrogen-bond acceptors (Lipinski definition) is 4. The van der Waals surface area contributed by atoms with Crippen LogP contribution < -0.4 is 10.2 Å². The minimum absolute atomic E-state index is 0.0839. The Balaban J connectivity index is 1.76. The van der Waals surface area contributed by atoms with Crippen LogP contribution in [0.1, 0.15) is 15.9 Å². The number of hydrazone groups is 1. The van der Waals surface area contributed by atoms with Crippen LogP contribution in [-0.2, 0) is 0 Å². The lowest BCUT2D eigenvalue weighted by atomic mass is 10.2. The van der Waals surface area contributed by atoms with E-state index in [4.69, 9.17) is 4.74 Å². The van der Waals surface area contributed by atoms with E-state index in [1.165, 1.54) is 12.1 Å². The van der Waals surface area contributed by atoms with E-state index in [9.17, 15) is 9.90 Å². The molecule has 23 heavy (non-hydrogen) atoms. The van der Waals surface area contributed by atoms with E-state index in [0.717, 1.165) is 22.2 Å². The van der Waals surface area contributed by atoms with Crippen LogP contribution in [0.4, 0.5) is 0 Å². The summed E-state index contributed by atoms with van der Waals surface area (Å²) in [5, 5.41) is 14.5. The Labute approximate surface area is 132 Å². The Morgan fingerprint density at radius 1 is 1.30 bits per heavy atom. The van der Waals surface area contributed by atoms with Crippen LogP contribution in [0.3, 0.4) is 0 Å². The molecule has 0 saturated heterocycles. The zero-order chi connectivity index (χ0) is 16.2. The molecule has 3 aromatic rings. The highest BCUT2D eigenvalue weighted by Crippen LogP contribution is 2.22. The van der Waals surface area contributed by atoms with E-state index in [1.54, 1.807) is 31.7 Å². The number of phenols is 1. The average Bonchev–Trinajstić information content (AvgIpc) is 2.97. The number of nitrogens with one attached hydrogen (secondary N) is 2. The van der Waals surface area contributed by atoms with Gasteiger partial charge < -0.3 is 14.8 Å². The number of hydrogen-bond donors (Lipinski definition) is 3. The number of carbonyl (C=O) groups excluding carboxylic acids is 1. The molecular weight excluding hydrogens is 294 g/mol. The van der Waals surface area contributed by atoms with Gasteiger partial charge in [-0.2, -0.15) is 5.10 Å². The second-order valence-electron chi connectivity index (χ2n) is 4.87. The molecule has 6 nitrogen and oxygen atoms in total. The van der Waals surface area contributed by atoms with Crippen LogP contribution in [0.25, 0.3) is 10.9 Å². The SMILES string of the molecule is COc1ccc2c(/C=N/NC(=O)c3ccccc3O)c[nH]c2c1. The van der Waals surface area contributed by atoms with Crippen molar-refractivity contribution in [3.63, 3.8) is 0 Å². The fourth-order valence-corrected chi connectivity index (χ4v) is 2.25. The highest BCUT2D eigenvalue weighted by atomic mass is 16.5. The number of carbonyl (C=O) groups is 1. The Morgan fingerprint density at radius 3 is 2.91 bits per heavy atom. The van der Waals surface area contributed by atoms with Crippen molar-refractivity contribution in [3.8, 4) is 11.5 Å². The Bertz CT molecular complexity index is 884. The third-order valence-electron chi connectivity index (χ3n) is 3.44. The first-order chi connectivity index (χ1) is 11.2. The molecule has 3 rings (SSSR count). The molecule has 1 aromatic heterocycles. The number of amides is 1. The Kier molecular flexibility index (Phi) is 3.97. The molecule has 2 aromatic carbocycles. The quantitative estimate of drug-likeness (QED) is 0.511. The van der Waals surface area contributed by atoms with Gasteiger partial charge in [-0.15, -0.1) is 0 Å². The summed E-state index contributed by atoms with van der Waals surface area (Å²) in [7, 11) is 1.61. The number of phenolic OH excluding ortho intramolecular Hbond substituents is 1. The third-order valence-corrected chi connectivity index (χ3v) is 3.44. The molecule has 116 valence electrons. The summed E-state index contributed by atoms with van der Waals surface area (Å²) in [5.41, 5.74) is 4.32. The van der Waals surface area contributed by atoms with E-state index < -0.39 is 5.91 Å². The molecule has 0 bridgehead atoms. The number of ether oxygens (including phenoxy) is 1. The summed E-state index contributed by atoms with van der Waals surface area (Å²) < 4.78 is 5.17. The summed E-state index contributed by atoms with van der Waals surface area (Å²) >= 11 is 0. The summed E-state index contributed by atoms with van der Waals surface area (Å²) in [6.07, 6.45) is 3.34. The average molecular weight is 309 g/mol. The molecule has 0 unspecified atom stereocenters. The van der Waals surface area contributed by atoms with E-state index in [1.807, 2.05) is 18.2 Å². The first kappa shape index (κ1) is 14.6. The molecular formula is C17H15N3O3. The van der Waals surface area contributed by atoms with Gasteiger partial charge in [-0.05, 0) is 24.3 Å². The maximum Gasteiger partial charge on any atom is 0.275 e. The van der Waals surface area contributed by atoms with Crippen molar-refractivity contribution in [1.82, 2.24) is 10.4 Å². The predicted octanol–water partition coefficient (Wildman–Crippen LogP) is 2.65. The van der Waals surface area contributed by atoms with Gasteiger partial charge in [0.1, 0.15) is 11.5 Å². The smallest absolute Gasteiger partial charge is 0.275 e. The van der Waals surface area contributed by atoms with Crippen molar-refractivity contribution in [2.45, 2.75) is 0 Å². The van der Waals surface area contributed by atoms with Crippen LogP contribution in [0.5, 0.6) is 11.5 Å². The van der Waals surface area contributed by atoms with E-state index in [2.05, 4.69) is 15.5 Å².